The number of nitrogens with two attached hydrogens (primary N) is 2. The number of carbonyl (C=O) groups is 4. The molecule has 13 nitrogen and oxygen atoms in total. The van der Waals surface area contributed by atoms with Gasteiger partial charge in [-0.2, -0.15) is 0 Å². The van der Waals surface area contributed by atoms with Crippen LogP contribution in [-0.4, -0.2) is 91.0 Å². The predicted molar refractivity (Wildman–Crippen MR) is 180 cm³/mol. The number of hydrogen-bond acceptors (Lipinski definition) is 11. The van der Waals surface area contributed by atoms with E-state index in [0.29, 0.717) is 51.5 Å². The molecule has 13 heteroatoms. The molecule has 4 aliphatic carbocycles. The van der Waals surface area contributed by atoms with E-state index in [4.69, 9.17) is 35.2 Å². The van der Waals surface area contributed by atoms with Crippen LogP contribution in [0.15, 0.2) is 23.8 Å². The van der Waals surface area contributed by atoms with Gasteiger partial charge in [-0.1, -0.05) is 38.8 Å². The summed E-state index contributed by atoms with van der Waals surface area (Å²) < 4.78 is 31.0. The number of primary amides is 1. The molecule has 2 saturated heterocycles. The molecule has 12 atom stereocenters. The van der Waals surface area contributed by atoms with Crippen molar-refractivity contribution in [3.8, 4) is 0 Å². The maximum atomic E-state index is 14.6. The summed E-state index contributed by atoms with van der Waals surface area (Å²) >= 11 is 0. The van der Waals surface area contributed by atoms with E-state index in [1.807, 2.05) is 6.08 Å². The Balaban J connectivity index is 1.11. The number of rotatable bonds is 13. The van der Waals surface area contributed by atoms with Crippen LogP contribution in [0.25, 0.3) is 0 Å². The zero-order valence-electron chi connectivity index (χ0n) is 29.6. The summed E-state index contributed by atoms with van der Waals surface area (Å²) in [5, 5.41) is 14.4. The van der Waals surface area contributed by atoms with Crippen LogP contribution in [0.3, 0.4) is 0 Å². The molecule has 2 aliphatic heterocycles. The molecule has 278 valence electrons. The van der Waals surface area contributed by atoms with Crippen molar-refractivity contribution >= 4 is 23.6 Å². The van der Waals surface area contributed by atoms with Crippen molar-refractivity contribution in [2.45, 2.75) is 134 Å². The quantitative estimate of drug-likeness (QED) is 0.163. The highest BCUT2D eigenvalue weighted by molar-refractivity contribution is 6.01. The van der Waals surface area contributed by atoms with Gasteiger partial charge < -0.3 is 45.6 Å². The van der Waals surface area contributed by atoms with Gasteiger partial charge in [0.05, 0.1) is 18.3 Å². The van der Waals surface area contributed by atoms with Crippen molar-refractivity contribution in [2.75, 3.05) is 19.8 Å². The van der Waals surface area contributed by atoms with Crippen LogP contribution in [0.1, 0.15) is 91.4 Å². The number of urea groups is 1. The minimum Gasteiger partial charge on any atom is -0.462 e. The van der Waals surface area contributed by atoms with Crippen molar-refractivity contribution < 1.29 is 48.0 Å². The molecule has 3 saturated carbocycles. The first kappa shape index (κ1) is 37.1. The largest absolute Gasteiger partial charge is 0.462 e. The molecular weight excluding hydrogens is 646 g/mol. The standard InChI is InChI=1S/C37H55N3O10/c1-4-7-31-49-29-17-25-24-12-11-21-16-22(41)13-14-35(21,2)32(24)27(42)18-36(25,3)37(29,50-31)28(43)20-46-30-10-5-8-23(48-30)19-47-33(44)26(38)9-6-15-40-34(39)45/h13-14,16,23-27,29-32,42H,4-12,15,17-20,38H2,1-3H3,(H3,39,40,45)/t23?,24-,25?,26-,27-,29+,30?,31?,32?,35-,36-,37+/m0/s1. The van der Waals surface area contributed by atoms with Crippen molar-refractivity contribution in [1.82, 2.24) is 5.32 Å². The molecular formula is C37H55N3O10. The molecule has 0 aromatic rings. The van der Waals surface area contributed by atoms with Gasteiger partial charge in [0.2, 0.25) is 0 Å². The highest BCUT2D eigenvalue weighted by atomic mass is 16.7. The Labute approximate surface area is 294 Å². The Kier molecular flexibility index (Phi) is 10.9. The number of carbonyl (C=O) groups excluding carboxylic acids is 4. The number of nitrogens with one attached hydrogen (secondary N) is 1. The Morgan fingerprint density at radius 3 is 2.74 bits per heavy atom. The summed E-state index contributed by atoms with van der Waals surface area (Å²) in [7, 11) is 0. The van der Waals surface area contributed by atoms with Gasteiger partial charge in [0.25, 0.3) is 0 Å². The molecule has 5 fully saturated rings. The number of Topliss-reactive ketones (excluding diaryl/α,β-unsaturated/α-hetero) is 1. The van der Waals surface area contributed by atoms with E-state index in [1.165, 1.54) is 0 Å². The van der Waals surface area contributed by atoms with Crippen LogP contribution in [0, 0.1) is 28.6 Å². The first-order chi connectivity index (χ1) is 23.8. The number of allylic oxidation sites excluding steroid dienone is 4. The lowest BCUT2D eigenvalue weighted by Crippen LogP contribution is -2.63. The molecule has 0 radical (unpaired) electrons. The molecule has 2 amide bonds. The summed E-state index contributed by atoms with van der Waals surface area (Å²) in [5.74, 6) is -0.625. The molecule has 6 rings (SSSR count). The van der Waals surface area contributed by atoms with E-state index in [2.05, 4.69) is 26.1 Å². The fourth-order valence-electron chi connectivity index (χ4n) is 10.3. The minimum absolute atomic E-state index is 0.00334. The Bertz CT molecular complexity index is 1390. The van der Waals surface area contributed by atoms with Crippen LogP contribution in [-0.2, 0) is 38.1 Å². The monoisotopic (exact) mass is 701 g/mol. The lowest BCUT2D eigenvalue weighted by atomic mass is 9.46. The molecule has 0 spiro atoms. The third-order valence-corrected chi connectivity index (χ3v) is 12.6. The summed E-state index contributed by atoms with van der Waals surface area (Å²) in [6.45, 7) is 6.39. The lowest BCUT2D eigenvalue weighted by Gasteiger charge is -2.59. The maximum Gasteiger partial charge on any atom is 0.322 e. The Morgan fingerprint density at radius 2 is 1.98 bits per heavy atom. The number of fused-ring (bicyclic) bond motifs is 7. The summed E-state index contributed by atoms with van der Waals surface area (Å²) in [6.07, 6.45) is 9.60. The zero-order valence-corrected chi connectivity index (χ0v) is 29.6. The number of aliphatic hydroxyl groups is 1. The summed E-state index contributed by atoms with van der Waals surface area (Å²) in [5.41, 5.74) is 9.71. The average molecular weight is 702 g/mol. The molecule has 2 heterocycles. The number of ketones is 2. The fraction of sp³-hybridized carbons (Fsp3) is 0.784. The van der Waals surface area contributed by atoms with E-state index in [0.717, 1.165) is 31.3 Å². The molecule has 0 bridgehead atoms. The number of aliphatic hydroxyl groups excluding tert-OH is 1. The normalized spacial score (nSPS) is 40.9. The number of amides is 2. The molecule has 6 aliphatic rings. The minimum atomic E-state index is -1.27. The van der Waals surface area contributed by atoms with Crippen LogP contribution in [0.4, 0.5) is 4.79 Å². The molecule has 6 N–H and O–H groups in total. The van der Waals surface area contributed by atoms with Crippen LogP contribution in [0.2, 0.25) is 0 Å². The van der Waals surface area contributed by atoms with E-state index >= 15 is 0 Å². The zero-order chi connectivity index (χ0) is 35.8. The van der Waals surface area contributed by atoms with Gasteiger partial charge in [-0.25, -0.2) is 4.79 Å². The fourth-order valence-corrected chi connectivity index (χ4v) is 10.3. The first-order valence-corrected chi connectivity index (χ1v) is 18.5. The highest BCUT2D eigenvalue weighted by Crippen LogP contribution is 2.69. The first-order valence-electron chi connectivity index (χ1n) is 18.5. The third-order valence-electron chi connectivity index (χ3n) is 12.6. The van der Waals surface area contributed by atoms with Crippen LogP contribution in [0.5, 0.6) is 0 Å². The van der Waals surface area contributed by atoms with Gasteiger partial charge >= 0.3 is 12.0 Å². The topological polar surface area (TPSA) is 199 Å². The maximum absolute atomic E-state index is 14.6. The molecule has 5 unspecified atom stereocenters. The smallest absolute Gasteiger partial charge is 0.322 e. The van der Waals surface area contributed by atoms with Gasteiger partial charge in [0.1, 0.15) is 19.3 Å². The molecule has 0 aromatic heterocycles. The number of ether oxygens (including phenoxy) is 5. The van der Waals surface area contributed by atoms with Gasteiger partial charge in [-0.05, 0) is 88.2 Å². The van der Waals surface area contributed by atoms with Crippen molar-refractivity contribution in [3.63, 3.8) is 0 Å². The second-order valence-electron chi connectivity index (χ2n) is 15.7. The van der Waals surface area contributed by atoms with Gasteiger partial charge in [-0.3, -0.25) is 14.4 Å². The predicted octanol–water partition coefficient (Wildman–Crippen LogP) is 2.96. The van der Waals surface area contributed by atoms with Crippen molar-refractivity contribution in [2.24, 2.45) is 40.1 Å². The van der Waals surface area contributed by atoms with Gasteiger partial charge in [0, 0.05) is 23.3 Å². The number of hydrogen-bond donors (Lipinski definition) is 4. The van der Waals surface area contributed by atoms with E-state index in [9.17, 15) is 24.3 Å². The van der Waals surface area contributed by atoms with E-state index in [1.54, 1.807) is 12.2 Å². The van der Waals surface area contributed by atoms with Crippen molar-refractivity contribution in [3.05, 3.63) is 23.8 Å². The van der Waals surface area contributed by atoms with Gasteiger partial charge in [-0.15, -0.1) is 0 Å². The third kappa shape index (κ3) is 6.69. The Hall–Kier alpha value is -2.68. The van der Waals surface area contributed by atoms with E-state index < -0.39 is 65.4 Å². The lowest BCUT2D eigenvalue weighted by molar-refractivity contribution is -0.220. The van der Waals surface area contributed by atoms with Crippen molar-refractivity contribution in [1.29, 1.82) is 0 Å². The van der Waals surface area contributed by atoms with Gasteiger partial charge in [0.15, 0.2) is 29.7 Å². The summed E-state index contributed by atoms with van der Waals surface area (Å²) in [4.78, 5) is 50.1. The van der Waals surface area contributed by atoms with Crippen LogP contribution < -0.4 is 16.8 Å². The Morgan fingerprint density at radius 1 is 1.18 bits per heavy atom. The SMILES string of the molecule is CCCC1O[C@@H]2CC3[C@@H]4CCC5=CC(=O)C=C[C@]5(C)C4[C@@H](O)C[C@]3(C)[C@]2(C(=O)COC2CCCC(COC(=O)[C@@H](N)CCCNC(N)=O)O2)O1. The second kappa shape index (κ2) is 14.7. The highest BCUT2D eigenvalue weighted by Gasteiger charge is 2.75. The van der Waals surface area contributed by atoms with E-state index in [-0.39, 0.29) is 42.5 Å². The average Bonchev–Trinajstić information content (AvgIpc) is 3.56. The van der Waals surface area contributed by atoms with Crippen LogP contribution >= 0.6 is 0 Å². The number of esters is 1. The molecule has 50 heavy (non-hydrogen) atoms. The second-order valence-corrected chi connectivity index (χ2v) is 15.7. The molecule has 0 aromatic carbocycles. The summed E-state index contributed by atoms with van der Waals surface area (Å²) in [6, 6.07) is -1.47.